The Kier molecular flexibility index (Phi) is 5.18. The molecule has 0 N–H and O–H groups in total. The molecule has 1 saturated heterocycles. The molecule has 1 aliphatic heterocycles. The van der Waals surface area contributed by atoms with Crippen molar-refractivity contribution in [2.75, 3.05) is 12.8 Å². The maximum Gasteiger partial charge on any atom is 0.257 e. The molecule has 138 valence electrons. The van der Waals surface area contributed by atoms with Crippen molar-refractivity contribution < 1.29 is 9.32 Å². The van der Waals surface area contributed by atoms with Gasteiger partial charge in [0.05, 0.1) is 0 Å². The number of thioether (sulfide) groups is 1. The number of hydrogen-bond donors (Lipinski definition) is 0. The number of rotatable bonds is 5. The van der Waals surface area contributed by atoms with Crippen LogP contribution >= 0.6 is 23.4 Å². The van der Waals surface area contributed by atoms with Crippen LogP contribution in [0.2, 0.25) is 5.02 Å². The molecule has 1 amide bonds. The van der Waals surface area contributed by atoms with Gasteiger partial charge in [-0.05, 0) is 42.2 Å². The van der Waals surface area contributed by atoms with Gasteiger partial charge in [0.15, 0.2) is 5.82 Å². The standard InChI is InChI=1S/C20H18ClN3O2S/c1-27-17-7-5-13(6-8-17)11-24-12-15(10-18(24)25)19-22-20(26-23-19)14-3-2-4-16(21)9-14/h2-9,15H,10-12H2,1H3. The SMILES string of the molecule is CSc1ccc(CN2CC(c3noc(-c4cccc(Cl)c4)n3)CC2=O)cc1. The molecule has 3 aromatic rings. The van der Waals surface area contributed by atoms with Crippen molar-refractivity contribution in [1.29, 1.82) is 0 Å². The number of carbonyl (C=O) groups is 1. The first-order valence-electron chi connectivity index (χ1n) is 8.62. The number of amides is 1. The average molecular weight is 400 g/mol. The molecule has 0 radical (unpaired) electrons. The van der Waals surface area contributed by atoms with Crippen LogP contribution in [-0.2, 0) is 11.3 Å². The zero-order chi connectivity index (χ0) is 18.8. The van der Waals surface area contributed by atoms with E-state index in [4.69, 9.17) is 16.1 Å². The lowest BCUT2D eigenvalue weighted by Gasteiger charge is -2.16. The van der Waals surface area contributed by atoms with Crippen molar-refractivity contribution in [3.63, 3.8) is 0 Å². The number of benzene rings is 2. The zero-order valence-electron chi connectivity index (χ0n) is 14.8. The van der Waals surface area contributed by atoms with Crippen molar-refractivity contribution >= 4 is 29.3 Å². The van der Waals surface area contributed by atoms with Crippen LogP contribution in [0.25, 0.3) is 11.5 Å². The first-order chi connectivity index (χ1) is 13.1. The van der Waals surface area contributed by atoms with Gasteiger partial charge in [-0.1, -0.05) is 35.0 Å². The second-order valence-corrected chi connectivity index (χ2v) is 7.81. The lowest BCUT2D eigenvalue weighted by Crippen LogP contribution is -2.24. The summed E-state index contributed by atoms with van der Waals surface area (Å²) in [5, 5.41) is 4.70. The first kappa shape index (κ1) is 18.1. The van der Waals surface area contributed by atoms with Crippen LogP contribution in [0.4, 0.5) is 0 Å². The largest absolute Gasteiger partial charge is 0.338 e. The summed E-state index contributed by atoms with van der Waals surface area (Å²) in [4.78, 5) is 20.0. The van der Waals surface area contributed by atoms with Gasteiger partial charge >= 0.3 is 0 Å². The maximum atomic E-state index is 12.4. The topological polar surface area (TPSA) is 59.2 Å². The van der Waals surface area contributed by atoms with E-state index in [-0.39, 0.29) is 11.8 Å². The molecule has 27 heavy (non-hydrogen) atoms. The molecule has 0 saturated carbocycles. The van der Waals surface area contributed by atoms with Gasteiger partial charge in [-0.2, -0.15) is 4.98 Å². The molecule has 2 heterocycles. The van der Waals surface area contributed by atoms with Gasteiger partial charge in [0.25, 0.3) is 5.89 Å². The van der Waals surface area contributed by atoms with E-state index in [2.05, 4.69) is 34.4 Å². The van der Waals surface area contributed by atoms with E-state index in [1.54, 1.807) is 23.9 Å². The average Bonchev–Trinajstić information content (AvgIpc) is 3.30. The second-order valence-electron chi connectivity index (χ2n) is 6.49. The van der Waals surface area contributed by atoms with Crippen LogP contribution in [0, 0.1) is 0 Å². The van der Waals surface area contributed by atoms with E-state index in [0.29, 0.717) is 36.2 Å². The van der Waals surface area contributed by atoms with Gasteiger partial charge in [-0.15, -0.1) is 11.8 Å². The molecule has 2 aromatic carbocycles. The number of hydrogen-bond acceptors (Lipinski definition) is 5. The van der Waals surface area contributed by atoms with Crippen LogP contribution in [-0.4, -0.2) is 33.7 Å². The monoisotopic (exact) mass is 399 g/mol. The summed E-state index contributed by atoms with van der Waals surface area (Å²) in [5.74, 6) is 1.05. The fraction of sp³-hybridized carbons (Fsp3) is 0.250. The van der Waals surface area contributed by atoms with E-state index in [1.165, 1.54) is 4.90 Å². The molecule has 1 unspecified atom stereocenters. The molecule has 0 bridgehead atoms. The number of likely N-dealkylation sites (tertiary alicyclic amines) is 1. The van der Waals surface area contributed by atoms with Gasteiger partial charge in [-0.25, -0.2) is 0 Å². The molecule has 1 aromatic heterocycles. The molecule has 7 heteroatoms. The lowest BCUT2D eigenvalue weighted by molar-refractivity contribution is -0.128. The van der Waals surface area contributed by atoms with Gasteiger partial charge in [0.2, 0.25) is 5.91 Å². The lowest BCUT2D eigenvalue weighted by atomic mass is 10.1. The van der Waals surface area contributed by atoms with Gasteiger partial charge < -0.3 is 9.42 Å². The highest BCUT2D eigenvalue weighted by molar-refractivity contribution is 7.98. The Morgan fingerprint density at radius 2 is 2.07 bits per heavy atom. The van der Waals surface area contributed by atoms with Crippen LogP contribution in [0.1, 0.15) is 23.7 Å². The first-order valence-corrected chi connectivity index (χ1v) is 10.2. The zero-order valence-corrected chi connectivity index (χ0v) is 16.3. The van der Waals surface area contributed by atoms with Crippen molar-refractivity contribution in [2.45, 2.75) is 23.8 Å². The third kappa shape index (κ3) is 4.01. The highest BCUT2D eigenvalue weighted by Gasteiger charge is 2.33. The summed E-state index contributed by atoms with van der Waals surface area (Å²) in [6, 6.07) is 15.6. The molecule has 4 rings (SSSR count). The molecule has 1 atom stereocenters. The Hall–Kier alpha value is -2.31. The number of carbonyl (C=O) groups excluding carboxylic acids is 1. The predicted octanol–water partition coefficient (Wildman–Crippen LogP) is 4.63. The quantitative estimate of drug-likeness (QED) is 0.585. The fourth-order valence-electron chi connectivity index (χ4n) is 3.19. The fourth-order valence-corrected chi connectivity index (χ4v) is 3.79. The van der Waals surface area contributed by atoms with E-state index in [0.717, 1.165) is 11.1 Å². The minimum absolute atomic E-state index is 0.0559. The van der Waals surface area contributed by atoms with Crippen molar-refractivity contribution in [1.82, 2.24) is 15.0 Å². The molecule has 5 nitrogen and oxygen atoms in total. The summed E-state index contributed by atoms with van der Waals surface area (Å²) >= 11 is 7.72. The van der Waals surface area contributed by atoms with Crippen molar-refractivity contribution in [2.24, 2.45) is 0 Å². The van der Waals surface area contributed by atoms with Crippen LogP contribution < -0.4 is 0 Å². The molecule has 1 fully saturated rings. The third-order valence-corrected chi connectivity index (χ3v) is 5.60. The van der Waals surface area contributed by atoms with Gasteiger partial charge in [0.1, 0.15) is 0 Å². The molecule has 0 aliphatic carbocycles. The molecule has 1 aliphatic rings. The Morgan fingerprint density at radius 1 is 1.26 bits per heavy atom. The normalized spacial score (nSPS) is 16.9. The van der Waals surface area contributed by atoms with Crippen molar-refractivity contribution in [3.8, 4) is 11.5 Å². The summed E-state index contributed by atoms with van der Waals surface area (Å²) in [5.41, 5.74) is 1.89. The Balaban J connectivity index is 1.46. The summed E-state index contributed by atoms with van der Waals surface area (Å²) < 4.78 is 5.38. The maximum absolute atomic E-state index is 12.4. The van der Waals surface area contributed by atoms with Crippen LogP contribution in [0.5, 0.6) is 0 Å². The van der Waals surface area contributed by atoms with E-state index in [1.807, 2.05) is 23.3 Å². The molecular formula is C20H18ClN3O2S. The number of nitrogens with zero attached hydrogens (tertiary/aromatic N) is 3. The Morgan fingerprint density at radius 3 is 2.81 bits per heavy atom. The number of aromatic nitrogens is 2. The summed E-state index contributed by atoms with van der Waals surface area (Å²) in [6.07, 6.45) is 2.45. The molecular weight excluding hydrogens is 382 g/mol. The summed E-state index contributed by atoms with van der Waals surface area (Å²) in [7, 11) is 0. The van der Waals surface area contributed by atoms with Gasteiger partial charge in [0, 0.05) is 40.9 Å². The minimum atomic E-state index is -0.0559. The van der Waals surface area contributed by atoms with Crippen molar-refractivity contribution in [3.05, 3.63) is 64.9 Å². The minimum Gasteiger partial charge on any atom is -0.338 e. The Bertz CT molecular complexity index is 958. The smallest absolute Gasteiger partial charge is 0.257 e. The third-order valence-electron chi connectivity index (χ3n) is 4.63. The van der Waals surface area contributed by atoms with Crippen LogP contribution in [0.15, 0.2) is 57.9 Å². The molecule has 0 spiro atoms. The van der Waals surface area contributed by atoms with E-state index in [9.17, 15) is 4.79 Å². The Labute approximate surface area is 166 Å². The second kappa shape index (κ2) is 7.74. The number of halogens is 1. The predicted molar refractivity (Wildman–Crippen MR) is 106 cm³/mol. The van der Waals surface area contributed by atoms with E-state index < -0.39 is 0 Å². The highest BCUT2D eigenvalue weighted by atomic mass is 35.5. The van der Waals surface area contributed by atoms with Crippen LogP contribution in [0.3, 0.4) is 0 Å². The van der Waals surface area contributed by atoms with E-state index >= 15 is 0 Å². The van der Waals surface area contributed by atoms with Gasteiger partial charge in [-0.3, -0.25) is 4.79 Å². The highest BCUT2D eigenvalue weighted by Crippen LogP contribution is 2.30. The summed E-state index contributed by atoms with van der Waals surface area (Å²) in [6.45, 7) is 1.20.